The van der Waals surface area contributed by atoms with Crippen molar-refractivity contribution in [2.45, 2.75) is 13.0 Å². The number of nitrogens with two attached hydrogens (primary N) is 2. The van der Waals surface area contributed by atoms with Crippen LogP contribution in [0, 0.1) is 0 Å². The van der Waals surface area contributed by atoms with Gasteiger partial charge >= 0.3 is 0 Å². The van der Waals surface area contributed by atoms with Gasteiger partial charge in [-0.25, -0.2) is 0 Å². The van der Waals surface area contributed by atoms with Crippen LogP contribution in [0.25, 0.3) is 0 Å². The second-order valence-electron chi connectivity index (χ2n) is 3.04. The Morgan fingerprint density at radius 1 is 1.60 bits per heavy atom. The highest BCUT2D eigenvalue weighted by Gasteiger charge is 2.14. The number of carbonyl (C=O) groups is 1. The summed E-state index contributed by atoms with van der Waals surface area (Å²) >= 11 is 0. The number of carbonyl (C=O) groups excluding carboxylic acids is 1. The predicted octanol–water partition coefficient (Wildman–Crippen LogP) is 0.276. The van der Waals surface area contributed by atoms with Crippen LogP contribution in [0.3, 0.4) is 0 Å². The van der Waals surface area contributed by atoms with Crippen molar-refractivity contribution in [1.29, 1.82) is 0 Å². The summed E-state index contributed by atoms with van der Waals surface area (Å²) in [4.78, 5) is 10.8. The fraction of sp³-hybridized carbons (Fsp3) is 0.300. The molecule has 0 radical (unpaired) electrons. The summed E-state index contributed by atoms with van der Waals surface area (Å²) in [6.07, 6.45) is 0. The van der Waals surface area contributed by atoms with Crippen LogP contribution in [0.5, 0.6) is 11.5 Å². The van der Waals surface area contributed by atoms with Crippen molar-refractivity contribution in [2.75, 3.05) is 6.61 Å². The number of hydrogen-bond acceptors (Lipinski definition) is 4. The Hall–Kier alpha value is -1.75. The summed E-state index contributed by atoms with van der Waals surface area (Å²) in [6, 6.07) is 3.58. The quantitative estimate of drug-likeness (QED) is 0.664. The summed E-state index contributed by atoms with van der Waals surface area (Å²) in [5.41, 5.74) is 11.1. The highest BCUT2D eigenvalue weighted by molar-refractivity contribution is 5.81. The van der Waals surface area contributed by atoms with Gasteiger partial charge in [-0.15, -0.1) is 0 Å². The lowest BCUT2D eigenvalue weighted by molar-refractivity contribution is -0.119. The number of amides is 1. The number of benzene rings is 1. The summed E-state index contributed by atoms with van der Waals surface area (Å²) in [5.74, 6) is -0.313. The molecule has 5 heteroatoms. The van der Waals surface area contributed by atoms with Crippen LogP contribution in [0.1, 0.15) is 18.5 Å². The number of aromatic hydroxyl groups is 1. The van der Waals surface area contributed by atoms with Crippen LogP contribution in [0.4, 0.5) is 0 Å². The molecule has 1 atom stereocenters. The normalized spacial score (nSPS) is 12.1. The molecule has 1 unspecified atom stereocenters. The molecule has 5 N–H and O–H groups in total. The third-order valence-electron chi connectivity index (χ3n) is 1.95. The van der Waals surface area contributed by atoms with Crippen molar-refractivity contribution < 1.29 is 14.6 Å². The molecule has 1 amide bonds. The highest BCUT2D eigenvalue weighted by Crippen LogP contribution is 2.28. The number of hydrogen-bond donors (Lipinski definition) is 3. The molecule has 0 aliphatic carbocycles. The van der Waals surface area contributed by atoms with Gasteiger partial charge in [0.05, 0.1) is 6.61 Å². The van der Waals surface area contributed by atoms with Crippen molar-refractivity contribution >= 4 is 5.91 Å². The maximum atomic E-state index is 10.8. The molecule has 0 fully saturated rings. The van der Waals surface area contributed by atoms with Gasteiger partial charge in [0.15, 0.2) is 11.5 Å². The van der Waals surface area contributed by atoms with Gasteiger partial charge in [-0.3, -0.25) is 4.79 Å². The van der Waals surface area contributed by atoms with E-state index in [2.05, 4.69) is 0 Å². The molecule has 0 aliphatic heterocycles. The van der Waals surface area contributed by atoms with Crippen LogP contribution in [-0.4, -0.2) is 17.6 Å². The molecule has 5 nitrogen and oxygen atoms in total. The second kappa shape index (κ2) is 4.65. The van der Waals surface area contributed by atoms with Crippen LogP contribution in [0.15, 0.2) is 18.2 Å². The van der Waals surface area contributed by atoms with Gasteiger partial charge in [0, 0.05) is 0 Å². The van der Waals surface area contributed by atoms with E-state index in [0.29, 0.717) is 17.9 Å². The minimum atomic E-state index is -0.884. The Balaban J connectivity index is 3.01. The first kappa shape index (κ1) is 11.3. The van der Waals surface area contributed by atoms with Crippen LogP contribution in [0.2, 0.25) is 0 Å². The average Bonchev–Trinajstić information content (AvgIpc) is 2.20. The Kier molecular flexibility index (Phi) is 3.51. The van der Waals surface area contributed by atoms with E-state index >= 15 is 0 Å². The van der Waals surface area contributed by atoms with Gasteiger partial charge in [-0.1, -0.05) is 6.07 Å². The smallest absolute Gasteiger partial charge is 0.238 e. The minimum Gasteiger partial charge on any atom is -0.504 e. The largest absolute Gasteiger partial charge is 0.504 e. The topological polar surface area (TPSA) is 98.6 Å². The van der Waals surface area contributed by atoms with E-state index in [1.54, 1.807) is 6.92 Å². The van der Waals surface area contributed by atoms with Gasteiger partial charge in [0.2, 0.25) is 5.91 Å². The Morgan fingerprint density at radius 2 is 2.27 bits per heavy atom. The van der Waals surface area contributed by atoms with Gasteiger partial charge in [0.25, 0.3) is 0 Å². The van der Waals surface area contributed by atoms with Crippen LogP contribution >= 0.6 is 0 Å². The lowest BCUT2D eigenvalue weighted by Gasteiger charge is -2.11. The summed E-state index contributed by atoms with van der Waals surface area (Å²) in [7, 11) is 0. The van der Waals surface area contributed by atoms with Gasteiger partial charge < -0.3 is 21.3 Å². The molecule has 0 heterocycles. The zero-order valence-electron chi connectivity index (χ0n) is 8.43. The first-order valence-corrected chi connectivity index (χ1v) is 4.57. The first-order chi connectivity index (χ1) is 7.06. The number of phenolic OH excluding ortho intramolecular Hbond substituents is 1. The molecular weight excluding hydrogens is 196 g/mol. The Morgan fingerprint density at radius 3 is 2.80 bits per heavy atom. The molecule has 0 spiro atoms. The van der Waals surface area contributed by atoms with E-state index in [4.69, 9.17) is 16.2 Å². The molecule has 82 valence electrons. The van der Waals surface area contributed by atoms with Crippen molar-refractivity contribution in [3.05, 3.63) is 23.8 Å². The minimum absolute atomic E-state index is 0.0114. The Bertz CT molecular complexity index is 366. The lowest BCUT2D eigenvalue weighted by atomic mass is 10.1. The third kappa shape index (κ3) is 2.60. The standard InChI is InChI=1S/C10H14N2O3/c1-2-15-8-5-6(3-4-7(8)13)9(11)10(12)14/h3-5,9,13H,2,11H2,1H3,(H2,12,14). The number of rotatable bonds is 4. The van der Waals surface area contributed by atoms with E-state index in [0.717, 1.165) is 0 Å². The summed E-state index contributed by atoms with van der Waals surface area (Å²) < 4.78 is 5.15. The van der Waals surface area contributed by atoms with Crippen molar-refractivity contribution in [1.82, 2.24) is 0 Å². The van der Waals surface area contributed by atoms with E-state index in [1.165, 1.54) is 18.2 Å². The maximum absolute atomic E-state index is 10.8. The summed E-state index contributed by atoms with van der Waals surface area (Å²) in [6.45, 7) is 2.21. The van der Waals surface area contributed by atoms with Crippen LogP contribution in [-0.2, 0) is 4.79 Å². The molecule has 0 bridgehead atoms. The zero-order chi connectivity index (χ0) is 11.4. The van der Waals surface area contributed by atoms with E-state index in [9.17, 15) is 9.90 Å². The average molecular weight is 210 g/mol. The third-order valence-corrected chi connectivity index (χ3v) is 1.95. The van der Waals surface area contributed by atoms with Crippen molar-refractivity contribution in [3.8, 4) is 11.5 Å². The molecule has 0 aromatic heterocycles. The molecule has 0 saturated heterocycles. The van der Waals surface area contributed by atoms with E-state index in [-0.39, 0.29) is 5.75 Å². The van der Waals surface area contributed by atoms with Gasteiger partial charge in [0.1, 0.15) is 6.04 Å². The second-order valence-corrected chi connectivity index (χ2v) is 3.04. The van der Waals surface area contributed by atoms with Crippen molar-refractivity contribution in [3.63, 3.8) is 0 Å². The first-order valence-electron chi connectivity index (χ1n) is 4.57. The lowest BCUT2D eigenvalue weighted by Crippen LogP contribution is -2.28. The number of ether oxygens (including phenoxy) is 1. The SMILES string of the molecule is CCOc1cc(C(N)C(N)=O)ccc1O. The Labute approximate surface area is 87.6 Å². The molecule has 0 saturated carbocycles. The highest BCUT2D eigenvalue weighted by atomic mass is 16.5. The molecular formula is C10H14N2O3. The van der Waals surface area contributed by atoms with Crippen LogP contribution < -0.4 is 16.2 Å². The van der Waals surface area contributed by atoms with E-state index < -0.39 is 11.9 Å². The van der Waals surface area contributed by atoms with Crippen molar-refractivity contribution in [2.24, 2.45) is 11.5 Å². The maximum Gasteiger partial charge on any atom is 0.238 e. The van der Waals surface area contributed by atoms with E-state index in [1.807, 2.05) is 0 Å². The molecule has 15 heavy (non-hydrogen) atoms. The molecule has 0 aliphatic rings. The van der Waals surface area contributed by atoms with Gasteiger partial charge in [-0.2, -0.15) is 0 Å². The molecule has 1 aromatic rings. The number of primary amides is 1. The van der Waals surface area contributed by atoms with Gasteiger partial charge in [-0.05, 0) is 24.6 Å². The molecule has 1 aromatic carbocycles. The summed E-state index contributed by atoms with van der Waals surface area (Å²) in [5, 5.41) is 9.40. The predicted molar refractivity (Wildman–Crippen MR) is 55.4 cm³/mol. The number of phenols is 1. The fourth-order valence-corrected chi connectivity index (χ4v) is 1.16. The fourth-order valence-electron chi connectivity index (χ4n) is 1.16. The zero-order valence-corrected chi connectivity index (χ0v) is 8.43. The molecule has 1 rings (SSSR count). The monoisotopic (exact) mass is 210 g/mol.